The molecule has 0 saturated carbocycles. The molecule has 0 radical (unpaired) electrons. The zero-order valence-electron chi connectivity index (χ0n) is 10.1. The Kier molecular flexibility index (Phi) is 4.16. The first kappa shape index (κ1) is 13.5. The molecule has 0 bridgehead atoms. The first-order chi connectivity index (χ1) is 9.10. The molecule has 3 nitrogen and oxygen atoms in total. The van der Waals surface area contributed by atoms with Crippen LogP contribution in [0.3, 0.4) is 0 Å². The van der Waals surface area contributed by atoms with Gasteiger partial charge in [-0.15, -0.1) is 0 Å². The smallest absolute Gasteiger partial charge is 0.255 e. The van der Waals surface area contributed by atoms with Crippen LogP contribution in [0.2, 0.25) is 0 Å². The zero-order valence-corrected chi connectivity index (χ0v) is 11.7. The van der Waals surface area contributed by atoms with Gasteiger partial charge in [-0.25, -0.2) is 4.39 Å². The summed E-state index contributed by atoms with van der Waals surface area (Å²) in [6.45, 7) is 0. The first-order valence-electron chi connectivity index (χ1n) is 5.50. The van der Waals surface area contributed by atoms with E-state index in [0.29, 0.717) is 11.3 Å². The summed E-state index contributed by atoms with van der Waals surface area (Å²) >= 11 is 3.31. The van der Waals surface area contributed by atoms with Crippen LogP contribution in [0.4, 0.5) is 10.1 Å². The number of hydrogen-bond donors (Lipinski definition) is 1. The van der Waals surface area contributed by atoms with Crippen LogP contribution in [0.1, 0.15) is 10.4 Å². The molecule has 0 heterocycles. The Hall–Kier alpha value is -1.88. The number of rotatable bonds is 3. The first-order valence-corrected chi connectivity index (χ1v) is 6.30. The Morgan fingerprint density at radius 2 is 1.89 bits per heavy atom. The average molecular weight is 324 g/mol. The van der Waals surface area contributed by atoms with Gasteiger partial charge in [0.05, 0.1) is 7.11 Å². The highest BCUT2D eigenvalue weighted by molar-refractivity contribution is 9.10. The molecule has 2 aromatic carbocycles. The summed E-state index contributed by atoms with van der Waals surface area (Å²) < 4.78 is 19.0. The highest BCUT2D eigenvalue weighted by Crippen LogP contribution is 2.20. The lowest BCUT2D eigenvalue weighted by molar-refractivity contribution is 0.102. The molecule has 2 aromatic rings. The van der Waals surface area contributed by atoms with Crippen molar-refractivity contribution >= 4 is 27.5 Å². The van der Waals surface area contributed by atoms with Crippen LogP contribution in [-0.2, 0) is 0 Å². The number of ether oxygens (including phenoxy) is 1. The van der Waals surface area contributed by atoms with Crippen LogP contribution < -0.4 is 10.1 Å². The second kappa shape index (κ2) is 5.84. The minimum atomic E-state index is -0.498. The summed E-state index contributed by atoms with van der Waals surface area (Å²) in [7, 11) is 1.36. The SMILES string of the molecule is COc1cc(C(=O)Nc2ccc(Br)cc2)ccc1F. The molecule has 0 aliphatic rings. The van der Waals surface area contributed by atoms with E-state index in [1.54, 1.807) is 12.1 Å². The van der Waals surface area contributed by atoms with Crippen LogP contribution in [0.15, 0.2) is 46.9 Å². The lowest BCUT2D eigenvalue weighted by Crippen LogP contribution is -2.12. The molecule has 2 rings (SSSR count). The van der Waals surface area contributed by atoms with Crippen molar-refractivity contribution in [3.8, 4) is 5.75 Å². The number of benzene rings is 2. The summed E-state index contributed by atoms with van der Waals surface area (Å²) in [5.41, 5.74) is 0.998. The predicted molar refractivity (Wildman–Crippen MR) is 75.0 cm³/mol. The number of hydrogen-bond acceptors (Lipinski definition) is 2. The zero-order chi connectivity index (χ0) is 13.8. The molecule has 0 aromatic heterocycles. The van der Waals surface area contributed by atoms with E-state index in [2.05, 4.69) is 21.2 Å². The number of amides is 1. The maximum absolute atomic E-state index is 13.2. The predicted octanol–water partition coefficient (Wildman–Crippen LogP) is 3.85. The molecule has 0 unspecified atom stereocenters. The molecule has 0 atom stereocenters. The van der Waals surface area contributed by atoms with E-state index in [0.717, 1.165) is 4.47 Å². The molecule has 0 fully saturated rings. The molecule has 5 heteroatoms. The second-order valence-electron chi connectivity index (χ2n) is 3.81. The molecule has 19 heavy (non-hydrogen) atoms. The monoisotopic (exact) mass is 323 g/mol. The summed E-state index contributed by atoms with van der Waals surface area (Å²) in [5.74, 6) is -0.772. The summed E-state index contributed by atoms with van der Waals surface area (Å²) in [5, 5.41) is 2.72. The van der Waals surface area contributed by atoms with Gasteiger partial charge in [0.15, 0.2) is 11.6 Å². The number of nitrogens with one attached hydrogen (secondary N) is 1. The lowest BCUT2D eigenvalue weighted by Gasteiger charge is -2.07. The number of anilines is 1. The van der Waals surface area contributed by atoms with E-state index >= 15 is 0 Å². The van der Waals surface area contributed by atoms with Crippen molar-refractivity contribution in [1.29, 1.82) is 0 Å². The Bertz CT molecular complexity index is 599. The Morgan fingerprint density at radius 1 is 1.21 bits per heavy atom. The third-order valence-corrected chi connectivity index (χ3v) is 3.04. The van der Waals surface area contributed by atoms with Gasteiger partial charge >= 0.3 is 0 Å². The van der Waals surface area contributed by atoms with Gasteiger partial charge < -0.3 is 10.1 Å². The minimum Gasteiger partial charge on any atom is -0.494 e. The fraction of sp³-hybridized carbons (Fsp3) is 0.0714. The summed E-state index contributed by atoms with van der Waals surface area (Å²) in [6, 6.07) is 11.2. The van der Waals surface area contributed by atoms with Gasteiger partial charge in [-0.05, 0) is 42.5 Å². The van der Waals surface area contributed by atoms with Gasteiger partial charge in [-0.2, -0.15) is 0 Å². The molecule has 0 aliphatic heterocycles. The number of carbonyl (C=O) groups excluding carboxylic acids is 1. The molecule has 0 saturated heterocycles. The van der Waals surface area contributed by atoms with E-state index in [4.69, 9.17) is 4.74 Å². The number of halogens is 2. The second-order valence-corrected chi connectivity index (χ2v) is 4.73. The number of methoxy groups -OCH3 is 1. The van der Waals surface area contributed by atoms with Gasteiger partial charge in [-0.3, -0.25) is 4.79 Å². The molecular formula is C14H11BrFNO2. The van der Waals surface area contributed by atoms with Crippen molar-refractivity contribution in [1.82, 2.24) is 0 Å². The Balaban J connectivity index is 2.18. The lowest BCUT2D eigenvalue weighted by atomic mass is 10.2. The molecule has 1 amide bonds. The van der Waals surface area contributed by atoms with Gasteiger partial charge in [0, 0.05) is 15.7 Å². The van der Waals surface area contributed by atoms with E-state index < -0.39 is 5.82 Å². The molecular weight excluding hydrogens is 313 g/mol. The fourth-order valence-electron chi connectivity index (χ4n) is 1.54. The van der Waals surface area contributed by atoms with Crippen molar-refractivity contribution in [2.75, 3.05) is 12.4 Å². The third-order valence-electron chi connectivity index (χ3n) is 2.52. The van der Waals surface area contributed by atoms with Gasteiger partial charge in [0.25, 0.3) is 5.91 Å². The van der Waals surface area contributed by atoms with Crippen LogP contribution >= 0.6 is 15.9 Å². The van der Waals surface area contributed by atoms with Crippen molar-refractivity contribution < 1.29 is 13.9 Å². The van der Waals surface area contributed by atoms with E-state index in [1.807, 2.05) is 12.1 Å². The van der Waals surface area contributed by atoms with Crippen LogP contribution in [0.25, 0.3) is 0 Å². The molecule has 1 N–H and O–H groups in total. The third kappa shape index (κ3) is 3.32. The highest BCUT2D eigenvalue weighted by Gasteiger charge is 2.10. The van der Waals surface area contributed by atoms with Crippen LogP contribution in [0.5, 0.6) is 5.75 Å². The maximum Gasteiger partial charge on any atom is 0.255 e. The van der Waals surface area contributed by atoms with Crippen molar-refractivity contribution in [2.45, 2.75) is 0 Å². The van der Waals surface area contributed by atoms with Gasteiger partial charge in [0.1, 0.15) is 0 Å². The fourth-order valence-corrected chi connectivity index (χ4v) is 1.80. The Morgan fingerprint density at radius 3 is 2.53 bits per heavy atom. The quantitative estimate of drug-likeness (QED) is 0.931. The molecule has 0 spiro atoms. The van der Waals surface area contributed by atoms with Crippen LogP contribution in [0, 0.1) is 5.82 Å². The topological polar surface area (TPSA) is 38.3 Å². The maximum atomic E-state index is 13.2. The summed E-state index contributed by atoms with van der Waals surface area (Å²) in [4.78, 5) is 12.0. The van der Waals surface area contributed by atoms with Gasteiger partial charge in [-0.1, -0.05) is 15.9 Å². The normalized spacial score (nSPS) is 10.1. The van der Waals surface area contributed by atoms with E-state index in [-0.39, 0.29) is 11.7 Å². The van der Waals surface area contributed by atoms with Crippen molar-refractivity contribution in [2.24, 2.45) is 0 Å². The van der Waals surface area contributed by atoms with E-state index in [9.17, 15) is 9.18 Å². The van der Waals surface area contributed by atoms with Crippen molar-refractivity contribution in [3.63, 3.8) is 0 Å². The van der Waals surface area contributed by atoms with Crippen molar-refractivity contribution in [3.05, 3.63) is 58.3 Å². The highest BCUT2D eigenvalue weighted by atomic mass is 79.9. The largest absolute Gasteiger partial charge is 0.494 e. The number of carbonyl (C=O) groups is 1. The Labute approximate surface area is 118 Å². The molecule has 0 aliphatic carbocycles. The molecule has 98 valence electrons. The standard InChI is InChI=1S/C14H11BrFNO2/c1-19-13-8-9(2-7-12(13)16)14(18)17-11-5-3-10(15)4-6-11/h2-8H,1H3,(H,17,18). The van der Waals surface area contributed by atoms with Crippen LogP contribution in [-0.4, -0.2) is 13.0 Å². The van der Waals surface area contributed by atoms with E-state index in [1.165, 1.54) is 25.3 Å². The average Bonchev–Trinajstić information content (AvgIpc) is 2.42. The summed E-state index contributed by atoms with van der Waals surface area (Å²) in [6.07, 6.45) is 0. The van der Waals surface area contributed by atoms with Gasteiger partial charge in [0.2, 0.25) is 0 Å². The minimum absolute atomic E-state index is 0.0449.